The van der Waals surface area contributed by atoms with Crippen LogP contribution in [0.2, 0.25) is 0 Å². The van der Waals surface area contributed by atoms with Gasteiger partial charge in [-0.3, -0.25) is 4.79 Å². The van der Waals surface area contributed by atoms with Gasteiger partial charge in [0.2, 0.25) is 5.95 Å². The minimum Gasteiger partial charge on any atom is -0.508 e. The molecule has 2 heterocycles. The monoisotopic (exact) mass is 341 g/mol. The lowest BCUT2D eigenvalue weighted by Crippen LogP contribution is -2.11. The number of Topliss-reactive ketones (excluding diaryl/α,β-unsaturated/α-hetero) is 1. The number of thiophene rings is 1. The first-order valence-electron chi connectivity index (χ1n) is 7.97. The number of aromatic nitrogens is 2. The lowest BCUT2D eigenvalue weighted by molar-refractivity contribution is 0.0979. The Balaban J connectivity index is 1.74. The molecular weight excluding hydrogens is 322 g/mol. The lowest BCUT2D eigenvalue weighted by Gasteiger charge is -2.08. The van der Waals surface area contributed by atoms with Gasteiger partial charge < -0.3 is 10.4 Å². The fourth-order valence-corrected chi connectivity index (χ4v) is 3.30. The van der Waals surface area contributed by atoms with Crippen molar-refractivity contribution in [3.05, 3.63) is 47.0 Å². The number of rotatable bonds is 7. The van der Waals surface area contributed by atoms with Gasteiger partial charge in [0.05, 0.1) is 10.2 Å². The molecule has 0 atom stereocenters. The molecule has 0 saturated heterocycles. The Morgan fingerprint density at radius 2 is 2.00 bits per heavy atom. The van der Waals surface area contributed by atoms with E-state index >= 15 is 0 Å². The smallest absolute Gasteiger partial charge is 0.223 e. The second-order valence-electron chi connectivity index (χ2n) is 5.55. The Hall–Kier alpha value is -2.47. The molecular formula is C18H19N3O2S. The van der Waals surface area contributed by atoms with Crippen LogP contribution >= 0.6 is 11.3 Å². The number of fused-ring (bicyclic) bond motifs is 1. The van der Waals surface area contributed by atoms with E-state index in [-0.39, 0.29) is 11.5 Å². The molecule has 0 unspecified atom stereocenters. The first-order valence-corrected chi connectivity index (χ1v) is 8.85. The highest BCUT2D eigenvalue weighted by molar-refractivity contribution is 7.17. The van der Waals surface area contributed by atoms with Crippen LogP contribution in [0.15, 0.2) is 35.7 Å². The quantitative estimate of drug-likeness (QED) is 0.635. The summed E-state index contributed by atoms with van der Waals surface area (Å²) in [7, 11) is 0. The van der Waals surface area contributed by atoms with Crippen LogP contribution in [-0.4, -0.2) is 27.4 Å². The number of hydrogen-bond acceptors (Lipinski definition) is 6. The number of anilines is 1. The number of carbonyl (C=O) groups is 1. The highest BCUT2D eigenvalue weighted by Crippen LogP contribution is 2.25. The Bertz CT molecular complexity index is 843. The van der Waals surface area contributed by atoms with Gasteiger partial charge in [0.15, 0.2) is 5.78 Å². The van der Waals surface area contributed by atoms with Crippen molar-refractivity contribution in [2.45, 2.75) is 26.2 Å². The van der Waals surface area contributed by atoms with Gasteiger partial charge in [-0.1, -0.05) is 19.1 Å². The summed E-state index contributed by atoms with van der Waals surface area (Å²) in [6.45, 7) is 2.64. The molecule has 2 N–H and O–H groups in total. The summed E-state index contributed by atoms with van der Waals surface area (Å²) in [4.78, 5) is 21.2. The van der Waals surface area contributed by atoms with Crippen molar-refractivity contribution in [3.8, 4) is 5.75 Å². The fourth-order valence-electron chi connectivity index (χ4n) is 2.46. The summed E-state index contributed by atoms with van der Waals surface area (Å²) in [6, 6.07) is 9.03. The van der Waals surface area contributed by atoms with E-state index in [1.54, 1.807) is 12.1 Å². The highest BCUT2D eigenvalue weighted by atomic mass is 32.1. The number of aromatic hydroxyl groups is 1. The minimum atomic E-state index is 0.0638. The summed E-state index contributed by atoms with van der Waals surface area (Å²) >= 11 is 1.50. The third-order valence-electron chi connectivity index (χ3n) is 3.68. The van der Waals surface area contributed by atoms with Crippen molar-refractivity contribution in [2.75, 3.05) is 11.9 Å². The van der Waals surface area contributed by atoms with Crippen LogP contribution in [0, 0.1) is 0 Å². The zero-order chi connectivity index (χ0) is 16.9. The van der Waals surface area contributed by atoms with Gasteiger partial charge in [-0.25, -0.2) is 9.97 Å². The van der Waals surface area contributed by atoms with Gasteiger partial charge in [-0.15, -0.1) is 11.3 Å². The van der Waals surface area contributed by atoms with Crippen LogP contribution in [0.4, 0.5) is 5.95 Å². The minimum absolute atomic E-state index is 0.0638. The molecule has 5 nitrogen and oxygen atoms in total. The molecule has 2 aromatic heterocycles. The molecule has 124 valence electrons. The molecule has 0 aliphatic heterocycles. The van der Waals surface area contributed by atoms with E-state index in [0.29, 0.717) is 24.6 Å². The number of hydrogen-bond donors (Lipinski definition) is 2. The van der Waals surface area contributed by atoms with Crippen molar-refractivity contribution in [3.63, 3.8) is 0 Å². The molecule has 0 aliphatic carbocycles. The van der Waals surface area contributed by atoms with Crippen LogP contribution < -0.4 is 5.32 Å². The van der Waals surface area contributed by atoms with Gasteiger partial charge in [0.1, 0.15) is 11.4 Å². The average molecular weight is 341 g/mol. The second-order valence-corrected chi connectivity index (χ2v) is 6.46. The number of nitrogens with one attached hydrogen (secondary N) is 1. The maximum Gasteiger partial charge on any atom is 0.223 e. The lowest BCUT2D eigenvalue weighted by atomic mass is 10.1. The first-order chi connectivity index (χ1) is 11.7. The van der Waals surface area contributed by atoms with Gasteiger partial charge in [-0.2, -0.15) is 0 Å². The summed E-state index contributed by atoms with van der Waals surface area (Å²) in [6.07, 6.45) is 2.08. The molecule has 3 aromatic rings. The van der Waals surface area contributed by atoms with E-state index in [1.807, 2.05) is 30.5 Å². The number of ketones is 1. The maximum atomic E-state index is 12.3. The normalized spacial score (nSPS) is 10.9. The standard InChI is InChI=1S/C18H19N3O2S/c1-2-3-15(23)16-17-14(9-11-24-17)20-18(21-16)19-10-8-12-4-6-13(22)7-5-12/h4-7,9,11,22H,2-3,8,10H2,1H3,(H,19,20,21). The van der Waals surface area contributed by atoms with E-state index in [2.05, 4.69) is 15.3 Å². The molecule has 0 amide bonds. The van der Waals surface area contributed by atoms with Crippen LogP contribution in [0.1, 0.15) is 35.8 Å². The van der Waals surface area contributed by atoms with Crippen LogP contribution in [0.5, 0.6) is 5.75 Å². The molecule has 0 bridgehead atoms. The molecule has 3 rings (SSSR count). The average Bonchev–Trinajstić information content (AvgIpc) is 3.04. The van der Waals surface area contributed by atoms with Crippen molar-refractivity contribution in [1.29, 1.82) is 0 Å². The van der Waals surface area contributed by atoms with Crippen molar-refractivity contribution in [2.24, 2.45) is 0 Å². The third-order valence-corrected chi connectivity index (χ3v) is 4.59. The molecule has 0 saturated carbocycles. The first kappa shape index (κ1) is 16.4. The molecule has 1 aromatic carbocycles. The van der Waals surface area contributed by atoms with E-state index in [0.717, 1.165) is 28.6 Å². The van der Waals surface area contributed by atoms with E-state index in [1.165, 1.54) is 11.3 Å². The maximum absolute atomic E-state index is 12.3. The Labute approximate surface area is 144 Å². The number of phenolic OH excluding ortho intramolecular Hbond substituents is 1. The molecule has 6 heteroatoms. The van der Waals surface area contributed by atoms with Crippen molar-refractivity contribution < 1.29 is 9.90 Å². The SMILES string of the molecule is CCCC(=O)c1nc(NCCc2ccc(O)cc2)nc2ccsc12. The summed E-state index contributed by atoms with van der Waals surface area (Å²) in [5, 5.41) is 14.4. The molecule has 0 fully saturated rings. The molecule has 24 heavy (non-hydrogen) atoms. The second kappa shape index (κ2) is 7.40. The number of benzene rings is 1. The zero-order valence-electron chi connectivity index (χ0n) is 13.5. The summed E-state index contributed by atoms with van der Waals surface area (Å²) < 4.78 is 0.859. The van der Waals surface area contributed by atoms with Crippen molar-refractivity contribution >= 4 is 33.3 Å². The predicted molar refractivity (Wildman–Crippen MR) is 97.0 cm³/mol. The zero-order valence-corrected chi connectivity index (χ0v) is 14.3. The summed E-state index contributed by atoms with van der Waals surface area (Å²) in [5.74, 6) is 0.810. The summed E-state index contributed by atoms with van der Waals surface area (Å²) in [5.41, 5.74) is 2.43. The van der Waals surface area contributed by atoms with Crippen LogP contribution in [0.3, 0.4) is 0 Å². The Kier molecular flexibility index (Phi) is 5.05. The number of phenols is 1. The van der Waals surface area contributed by atoms with Crippen LogP contribution in [0.25, 0.3) is 10.2 Å². The molecule has 0 radical (unpaired) electrons. The van der Waals surface area contributed by atoms with E-state index in [9.17, 15) is 9.90 Å². The Morgan fingerprint density at radius 3 is 2.75 bits per heavy atom. The fraction of sp³-hybridized carbons (Fsp3) is 0.278. The van der Waals surface area contributed by atoms with Crippen LogP contribution in [-0.2, 0) is 6.42 Å². The van der Waals surface area contributed by atoms with E-state index < -0.39 is 0 Å². The molecule has 0 aliphatic rings. The largest absolute Gasteiger partial charge is 0.508 e. The predicted octanol–water partition coefficient (Wildman–Crippen LogP) is 4.03. The van der Waals surface area contributed by atoms with Gasteiger partial charge >= 0.3 is 0 Å². The van der Waals surface area contributed by atoms with Gasteiger partial charge in [0.25, 0.3) is 0 Å². The number of carbonyl (C=O) groups excluding carboxylic acids is 1. The van der Waals surface area contributed by atoms with Gasteiger partial charge in [0, 0.05) is 13.0 Å². The van der Waals surface area contributed by atoms with Gasteiger partial charge in [-0.05, 0) is 42.0 Å². The topological polar surface area (TPSA) is 75.1 Å². The Morgan fingerprint density at radius 1 is 1.21 bits per heavy atom. The third kappa shape index (κ3) is 3.71. The van der Waals surface area contributed by atoms with E-state index in [4.69, 9.17) is 0 Å². The number of nitrogens with zero attached hydrogens (tertiary/aromatic N) is 2. The molecule has 0 spiro atoms. The van der Waals surface area contributed by atoms with Crippen molar-refractivity contribution in [1.82, 2.24) is 9.97 Å². The highest BCUT2D eigenvalue weighted by Gasteiger charge is 2.15.